The van der Waals surface area contributed by atoms with Gasteiger partial charge in [-0.25, -0.2) is 4.98 Å². The van der Waals surface area contributed by atoms with Crippen LogP contribution in [0.4, 0.5) is 0 Å². The second-order valence-corrected chi connectivity index (χ2v) is 7.66. The minimum absolute atomic E-state index is 0.109. The number of nitrogens with zero attached hydrogens (tertiary/aromatic N) is 3. The van der Waals surface area contributed by atoms with Crippen molar-refractivity contribution in [3.63, 3.8) is 0 Å². The Morgan fingerprint density at radius 2 is 1.89 bits per heavy atom. The Morgan fingerprint density at radius 3 is 2.59 bits per heavy atom. The number of pyridine rings is 2. The van der Waals surface area contributed by atoms with Gasteiger partial charge in [-0.3, -0.25) is 9.78 Å². The van der Waals surface area contributed by atoms with Crippen molar-refractivity contribution in [2.24, 2.45) is 0 Å². The van der Waals surface area contributed by atoms with Crippen LogP contribution in [0, 0.1) is 6.92 Å². The SMILES string of the molecule is Cc1ccc2nc(-c3cccnc3)cc(C(=O)N3[C@@H](C)CCC[C@@H]3C)c2c1. The second-order valence-electron chi connectivity index (χ2n) is 7.66. The van der Waals surface area contributed by atoms with Crippen molar-refractivity contribution < 1.29 is 4.79 Å². The third-order valence-corrected chi connectivity index (χ3v) is 5.58. The van der Waals surface area contributed by atoms with Gasteiger partial charge < -0.3 is 4.90 Å². The van der Waals surface area contributed by atoms with Crippen LogP contribution in [0.1, 0.15) is 49.0 Å². The molecule has 1 saturated heterocycles. The molecule has 1 amide bonds. The maximum atomic E-state index is 13.6. The molecular weight excluding hydrogens is 334 g/mol. The number of piperidine rings is 1. The third kappa shape index (κ3) is 3.32. The van der Waals surface area contributed by atoms with Gasteiger partial charge in [-0.15, -0.1) is 0 Å². The fourth-order valence-corrected chi connectivity index (χ4v) is 4.14. The summed E-state index contributed by atoms with van der Waals surface area (Å²) in [6.45, 7) is 6.36. The van der Waals surface area contributed by atoms with Crippen LogP contribution in [0.5, 0.6) is 0 Å². The summed E-state index contributed by atoms with van der Waals surface area (Å²) >= 11 is 0. The number of fused-ring (bicyclic) bond motifs is 1. The van der Waals surface area contributed by atoms with E-state index in [1.807, 2.05) is 30.3 Å². The molecule has 1 fully saturated rings. The van der Waals surface area contributed by atoms with Gasteiger partial charge in [-0.1, -0.05) is 11.6 Å². The van der Waals surface area contributed by atoms with Crippen LogP contribution in [0.2, 0.25) is 0 Å². The Bertz CT molecular complexity index is 974. The Labute approximate surface area is 160 Å². The van der Waals surface area contributed by atoms with Gasteiger partial charge in [-0.05, 0) is 70.4 Å². The summed E-state index contributed by atoms with van der Waals surface area (Å²) in [7, 11) is 0. The molecule has 4 nitrogen and oxygen atoms in total. The number of amides is 1. The number of rotatable bonds is 2. The zero-order valence-corrected chi connectivity index (χ0v) is 16.1. The van der Waals surface area contributed by atoms with Crippen LogP contribution < -0.4 is 0 Å². The van der Waals surface area contributed by atoms with E-state index in [-0.39, 0.29) is 18.0 Å². The van der Waals surface area contributed by atoms with Crippen molar-refractivity contribution in [3.8, 4) is 11.3 Å². The van der Waals surface area contributed by atoms with Gasteiger partial charge in [-0.2, -0.15) is 0 Å². The molecule has 2 atom stereocenters. The van der Waals surface area contributed by atoms with Gasteiger partial charge in [0.1, 0.15) is 0 Å². The second kappa shape index (κ2) is 7.10. The Hall–Kier alpha value is -2.75. The van der Waals surface area contributed by atoms with Gasteiger partial charge in [0.15, 0.2) is 0 Å². The minimum Gasteiger partial charge on any atom is -0.333 e. The number of aromatic nitrogens is 2. The zero-order valence-electron chi connectivity index (χ0n) is 16.1. The first-order valence-electron chi connectivity index (χ1n) is 9.69. The highest BCUT2D eigenvalue weighted by Gasteiger charge is 2.31. The van der Waals surface area contributed by atoms with Crippen molar-refractivity contribution in [1.82, 2.24) is 14.9 Å². The van der Waals surface area contributed by atoms with E-state index in [0.717, 1.165) is 46.1 Å². The lowest BCUT2D eigenvalue weighted by Crippen LogP contribution is -2.47. The molecule has 0 radical (unpaired) electrons. The number of carbonyl (C=O) groups is 1. The Balaban J connectivity index is 1.89. The van der Waals surface area contributed by atoms with E-state index in [1.165, 1.54) is 6.42 Å². The number of likely N-dealkylation sites (tertiary alicyclic amines) is 1. The van der Waals surface area contributed by atoms with Crippen molar-refractivity contribution in [2.75, 3.05) is 0 Å². The molecule has 4 rings (SSSR count). The summed E-state index contributed by atoms with van der Waals surface area (Å²) < 4.78 is 0. The van der Waals surface area contributed by atoms with E-state index in [9.17, 15) is 4.79 Å². The van der Waals surface area contributed by atoms with Crippen molar-refractivity contribution in [1.29, 1.82) is 0 Å². The normalized spacial score (nSPS) is 20.0. The summed E-state index contributed by atoms with van der Waals surface area (Å²) in [4.78, 5) is 24.7. The van der Waals surface area contributed by atoms with E-state index in [0.29, 0.717) is 0 Å². The number of hydrogen-bond donors (Lipinski definition) is 0. The molecular formula is C23H25N3O. The summed E-state index contributed by atoms with van der Waals surface area (Å²) in [5, 5.41) is 0.928. The molecule has 0 bridgehead atoms. The fraction of sp³-hybridized carbons (Fsp3) is 0.348. The Kier molecular flexibility index (Phi) is 4.65. The first-order valence-corrected chi connectivity index (χ1v) is 9.69. The molecule has 0 aliphatic carbocycles. The van der Waals surface area contributed by atoms with Gasteiger partial charge in [0, 0.05) is 35.4 Å². The zero-order chi connectivity index (χ0) is 19.0. The van der Waals surface area contributed by atoms with Crippen LogP contribution in [0.15, 0.2) is 48.8 Å². The Morgan fingerprint density at radius 1 is 1.11 bits per heavy atom. The molecule has 27 heavy (non-hydrogen) atoms. The molecule has 138 valence electrons. The average molecular weight is 359 g/mol. The number of aryl methyl sites for hydroxylation is 1. The van der Waals surface area contributed by atoms with Crippen molar-refractivity contribution in [3.05, 3.63) is 59.9 Å². The summed E-state index contributed by atoms with van der Waals surface area (Å²) in [5.74, 6) is 0.109. The highest BCUT2D eigenvalue weighted by molar-refractivity contribution is 6.07. The molecule has 1 aromatic carbocycles. The van der Waals surface area contributed by atoms with Crippen LogP contribution in [0.25, 0.3) is 22.2 Å². The van der Waals surface area contributed by atoms with E-state index < -0.39 is 0 Å². The number of benzene rings is 1. The minimum atomic E-state index is 0.109. The topological polar surface area (TPSA) is 46.1 Å². The molecule has 1 aliphatic rings. The van der Waals surface area contributed by atoms with Gasteiger partial charge in [0.2, 0.25) is 0 Å². The molecule has 0 unspecified atom stereocenters. The van der Waals surface area contributed by atoms with Crippen molar-refractivity contribution in [2.45, 2.75) is 52.1 Å². The number of hydrogen-bond acceptors (Lipinski definition) is 3. The molecule has 0 spiro atoms. The smallest absolute Gasteiger partial charge is 0.255 e. The predicted octanol–water partition coefficient (Wildman–Crippen LogP) is 5.01. The van der Waals surface area contributed by atoms with Gasteiger partial charge in [0.25, 0.3) is 5.91 Å². The molecule has 3 aromatic rings. The van der Waals surface area contributed by atoms with Crippen LogP contribution in [-0.2, 0) is 0 Å². The first kappa shape index (κ1) is 17.7. The van der Waals surface area contributed by atoms with Crippen LogP contribution in [0.3, 0.4) is 0 Å². The molecule has 0 saturated carbocycles. The highest BCUT2D eigenvalue weighted by Crippen LogP contribution is 2.30. The fourth-order valence-electron chi connectivity index (χ4n) is 4.14. The summed E-state index contributed by atoms with van der Waals surface area (Å²) in [6.07, 6.45) is 6.85. The van der Waals surface area contributed by atoms with E-state index >= 15 is 0 Å². The maximum absolute atomic E-state index is 13.6. The third-order valence-electron chi connectivity index (χ3n) is 5.58. The maximum Gasteiger partial charge on any atom is 0.255 e. The van der Waals surface area contributed by atoms with Gasteiger partial charge >= 0.3 is 0 Å². The quantitative estimate of drug-likeness (QED) is 0.646. The monoisotopic (exact) mass is 359 g/mol. The lowest BCUT2D eigenvalue weighted by molar-refractivity contribution is 0.0513. The molecule has 2 aromatic heterocycles. The van der Waals surface area contributed by atoms with E-state index in [4.69, 9.17) is 4.98 Å². The predicted molar refractivity (Wildman–Crippen MR) is 109 cm³/mol. The first-order chi connectivity index (χ1) is 13.0. The summed E-state index contributed by atoms with van der Waals surface area (Å²) in [5.41, 5.74) is 4.44. The van der Waals surface area contributed by atoms with Crippen LogP contribution >= 0.6 is 0 Å². The largest absolute Gasteiger partial charge is 0.333 e. The lowest BCUT2D eigenvalue weighted by atomic mass is 9.95. The standard InChI is InChI=1S/C23H25N3O/c1-15-9-10-21-19(12-15)20(13-22(25-21)18-8-5-11-24-14-18)23(27)26-16(2)6-4-7-17(26)3/h5,8-14,16-17H,4,6-7H2,1-3H3/t16-,17-/m0/s1. The average Bonchev–Trinajstić information content (AvgIpc) is 2.67. The molecule has 0 N–H and O–H groups in total. The lowest BCUT2D eigenvalue weighted by Gasteiger charge is -2.39. The molecule has 1 aliphatic heterocycles. The van der Waals surface area contributed by atoms with Crippen LogP contribution in [-0.4, -0.2) is 32.9 Å². The van der Waals surface area contributed by atoms with E-state index in [2.05, 4.69) is 36.7 Å². The van der Waals surface area contributed by atoms with Crippen molar-refractivity contribution >= 4 is 16.8 Å². The van der Waals surface area contributed by atoms with Gasteiger partial charge in [0.05, 0.1) is 16.8 Å². The van der Waals surface area contributed by atoms with E-state index in [1.54, 1.807) is 12.4 Å². The summed E-state index contributed by atoms with van der Waals surface area (Å²) in [6, 6.07) is 12.5. The highest BCUT2D eigenvalue weighted by atomic mass is 16.2. The molecule has 4 heteroatoms. The molecule has 3 heterocycles. The number of carbonyl (C=O) groups excluding carboxylic acids is 1.